The van der Waals surface area contributed by atoms with Crippen molar-refractivity contribution in [2.45, 2.75) is 31.6 Å². The fourth-order valence-corrected chi connectivity index (χ4v) is 2.24. The van der Waals surface area contributed by atoms with Crippen molar-refractivity contribution >= 4 is 10.0 Å². The van der Waals surface area contributed by atoms with Crippen molar-refractivity contribution < 1.29 is 17.9 Å². The van der Waals surface area contributed by atoms with E-state index in [1.54, 1.807) is 0 Å². The topological polar surface area (TPSA) is 82.8 Å². The summed E-state index contributed by atoms with van der Waals surface area (Å²) in [6.07, 6.45) is 0. The summed E-state index contributed by atoms with van der Waals surface area (Å²) < 4.78 is 31.1. The van der Waals surface area contributed by atoms with Crippen LogP contribution in [-0.2, 0) is 16.6 Å². The number of hydrogen-bond acceptors (Lipinski definition) is 5. The number of nitrogens with one attached hydrogen (secondary N) is 1. The average molecular weight is 276 g/mol. The summed E-state index contributed by atoms with van der Waals surface area (Å²) in [5.74, 6) is 0.231. The highest BCUT2D eigenvalue weighted by Gasteiger charge is 2.18. The van der Waals surface area contributed by atoms with Crippen LogP contribution in [0.25, 0.3) is 0 Å². The molecule has 0 unspecified atom stereocenters. The first-order valence-electron chi connectivity index (χ1n) is 5.76. The molecule has 0 bridgehead atoms. The lowest BCUT2D eigenvalue weighted by Crippen LogP contribution is -2.36. The van der Waals surface area contributed by atoms with Crippen LogP contribution in [0.5, 0.6) is 0 Å². The molecule has 0 atom stereocenters. The van der Waals surface area contributed by atoms with Crippen LogP contribution in [0.4, 0.5) is 0 Å². The maximum absolute atomic E-state index is 11.8. The van der Waals surface area contributed by atoms with E-state index in [1.807, 2.05) is 25.8 Å². The molecule has 2 N–H and O–H groups in total. The first-order chi connectivity index (χ1) is 8.36. The summed E-state index contributed by atoms with van der Waals surface area (Å²) in [5.41, 5.74) is 0. The number of likely N-dealkylation sites (N-methyl/N-ethyl adjacent to an activating group) is 1. The van der Waals surface area contributed by atoms with Crippen LogP contribution in [0.2, 0.25) is 0 Å². The lowest BCUT2D eigenvalue weighted by Gasteiger charge is -2.20. The Hall–Kier alpha value is -0.890. The van der Waals surface area contributed by atoms with Crippen molar-refractivity contribution in [1.82, 2.24) is 9.62 Å². The number of sulfonamides is 1. The summed E-state index contributed by atoms with van der Waals surface area (Å²) in [4.78, 5) is 2.03. The summed E-state index contributed by atoms with van der Waals surface area (Å²) >= 11 is 0. The van der Waals surface area contributed by atoms with E-state index in [0.717, 1.165) is 0 Å². The van der Waals surface area contributed by atoms with E-state index in [1.165, 1.54) is 12.1 Å². The van der Waals surface area contributed by atoms with Gasteiger partial charge < -0.3 is 14.4 Å². The number of hydrogen-bond donors (Lipinski definition) is 2. The molecule has 0 fully saturated rings. The highest BCUT2D eigenvalue weighted by Crippen LogP contribution is 2.13. The van der Waals surface area contributed by atoms with Crippen molar-refractivity contribution in [3.05, 3.63) is 17.9 Å². The highest BCUT2D eigenvalue weighted by atomic mass is 32.2. The van der Waals surface area contributed by atoms with Gasteiger partial charge in [-0.15, -0.1) is 0 Å². The van der Waals surface area contributed by atoms with E-state index >= 15 is 0 Å². The number of aliphatic hydroxyl groups is 1. The van der Waals surface area contributed by atoms with Gasteiger partial charge in [-0.1, -0.05) is 0 Å². The Bertz CT molecular complexity index is 467. The Kier molecular flexibility index (Phi) is 5.33. The molecule has 104 valence electrons. The number of aliphatic hydroxyl groups excluding tert-OH is 1. The molecule has 0 spiro atoms. The molecule has 1 heterocycles. The lowest BCUT2D eigenvalue weighted by atomic mass is 10.3. The summed E-state index contributed by atoms with van der Waals surface area (Å²) in [6, 6.07) is 3.13. The number of furan rings is 1. The zero-order valence-electron chi connectivity index (χ0n) is 10.9. The van der Waals surface area contributed by atoms with Crippen LogP contribution in [0, 0.1) is 0 Å². The Morgan fingerprint density at radius 1 is 1.44 bits per heavy atom. The molecule has 0 saturated carbocycles. The van der Waals surface area contributed by atoms with E-state index in [0.29, 0.717) is 19.1 Å². The van der Waals surface area contributed by atoms with Crippen molar-refractivity contribution in [2.24, 2.45) is 0 Å². The van der Waals surface area contributed by atoms with Gasteiger partial charge in [-0.3, -0.25) is 0 Å². The molecule has 0 aliphatic carbocycles. The summed E-state index contributed by atoms with van der Waals surface area (Å²) in [6.45, 7) is 4.69. The molecule has 7 heteroatoms. The van der Waals surface area contributed by atoms with Gasteiger partial charge in [0.15, 0.2) is 0 Å². The standard InChI is InChI=1S/C11H20N2O4S/c1-9(2)13(3)7-6-12-18(15,16)11-5-4-10(8-14)17-11/h4-5,9,12,14H,6-8H2,1-3H3. The van der Waals surface area contributed by atoms with Gasteiger partial charge in [-0.25, -0.2) is 13.1 Å². The Morgan fingerprint density at radius 3 is 2.61 bits per heavy atom. The SMILES string of the molecule is CC(C)N(C)CCNS(=O)(=O)c1ccc(CO)o1. The monoisotopic (exact) mass is 276 g/mol. The van der Waals surface area contributed by atoms with Gasteiger partial charge >= 0.3 is 0 Å². The predicted octanol–water partition coefficient (Wildman–Crippen LogP) is 0.390. The Morgan fingerprint density at radius 2 is 2.11 bits per heavy atom. The van der Waals surface area contributed by atoms with E-state index in [9.17, 15) is 8.42 Å². The van der Waals surface area contributed by atoms with Crippen LogP contribution >= 0.6 is 0 Å². The largest absolute Gasteiger partial charge is 0.446 e. The van der Waals surface area contributed by atoms with Crippen LogP contribution in [0.15, 0.2) is 21.6 Å². The van der Waals surface area contributed by atoms with Crippen LogP contribution < -0.4 is 4.72 Å². The average Bonchev–Trinajstić information content (AvgIpc) is 2.77. The van der Waals surface area contributed by atoms with Gasteiger partial charge in [-0.05, 0) is 33.0 Å². The van der Waals surface area contributed by atoms with Gasteiger partial charge in [-0.2, -0.15) is 0 Å². The molecule has 0 saturated heterocycles. The molecule has 1 aromatic heterocycles. The highest BCUT2D eigenvalue weighted by molar-refractivity contribution is 7.89. The quantitative estimate of drug-likeness (QED) is 0.753. The van der Waals surface area contributed by atoms with Crippen molar-refractivity contribution in [2.75, 3.05) is 20.1 Å². The van der Waals surface area contributed by atoms with Crippen molar-refractivity contribution in [1.29, 1.82) is 0 Å². The molecular formula is C11H20N2O4S. The van der Waals surface area contributed by atoms with Crippen LogP contribution in [0.3, 0.4) is 0 Å². The van der Waals surface area contributed by atoms with E-state index in [4.69, 9.17) is 9.52 Å². The third-order valence-electron chi connectivity index (χ3n) is 2.70. The van der Waals surface area contributed by atoms with E-state index < -0.39 is 10.0 Å². The number of rotatable bonds is 7. The molecule has 6 nitrogen and oxygen atoms in total. The molecule has 1 rings (SSSR count). The molecule has 0 aliphatic rings. The second-order valence-electron chi connectivity index (χ2n) is 4.35. The molecule has 0 amide bonds. The van der Waals surface area contributed by atoms with Crippen molar-refractivity contribution in [3.8, 4) is 0 Å². The molecule has 1 aromatic rings. The third-order valence-corrected chi connectivity index (χ3v) is 4.03. The molecule has 0 aromatic carbocycles. The lowest BCUT2D eigenvalue weighted by molar-refractivity contribution is 0.236. The number of nitrogens with zero attached hydrogens (tertiary/aromatic N) is 1. The fourth-order valence-electron chi connectivity index (χ4n) is 1.27. The summed E-state index contributed by atoms with van der Waals surface area (Å²) in [5, 5.41) is 8.64. The van der Waals surface area contributed by atoms with Gasteiger partial charge in [0.05, 0.1) is 0 Å². The second-order valence-corrected chi connectivity index (χ2v) is 6.05. The maximum Gasteiger partial charge on any atom is 0.274 e. The molecular weight excluding hydrogens is 256 g/mol. The molecule has 18 heavy (non-hydrogen) atoms. The predicted molar refractivity (Wildman–Crippen MR) is 67.6 cm³/mol. The minimum atomic E-state index is -3.63. The first-order valence-corrected chi connectivity index (χ1v) is 7.24. The molecule has 0 radical (unpaired) electrons. The zero-order valence-corrected chi connectivity index (χ0v) is 11.7. The fraction of sp³-hybridized carbons (Fsp3) is 0.636. The van der Waals surface area contributed by atoms with E-state index in [-0.39, 0.29) is 17.5 Å². The molecule has 0 aliphatic heterocycles. The minimum Gasteiger partial charge on any atom is -0.446 e. The maximum atomic E-state index is 11.8. The van der Waals surface area contributed by atoms with Gasteiger partial charge in [0.2, 0.25) is 5.09 Å². The van der Waals surface area contributed by atoms with E-state index in [2.05, 4.69) is 4.72 Å². The Labute approximate surface area is 108 Å². The third kappa shape index (κ3) is 4.09. The normalized spacial score (nSPS) is 12.6. The van der Waals surface area contributed by atoms with Gasteiger partial charge in [0, 0.05) is 19.1 Å². The minimum absolute atomic E-state index is 0.168. The van der Waals surface area contributed by atoms with Crippen LogP contribution in [0.1, 0.15) is 19.6 Å². The second kappa shape index (κ2) is 6.33. The van der Waals surface area contributed by atoms with Gasteiger partial charge in [0.25, 0.3) is 10.0 Å². The first kappa shape index (κ1) is 15.2. The summed E-state index contributed by atoms with van der Waals surface area (Å²) in [7, 11) is -1.70. The Balaban J connectivity index is 2.55. The van der Waals surface area contributed by atoms with Crippen molar-refractivity contribution in [3.63, 3.8) is 0 Å². The smallest absolute Gasteiger partial charge is 0.274 e. The van der Waals surface area contributed by atoms with Crippen LogP contribution in [-0.4, -0.2) is 44.6 Å². The zero-order chi connectivity index (χ0) is 13.8. The van der Waals surface area contributed by atoms with Gasteiger partial charge in [0.1, 0.15) is 12.4 Å².